The molecule has 0 amide bonds. The van der Waals surface area contributed by atoms with Crippen LogP contribution in [0, 0.1) is 0 Å². The number of rotatable bonds is 3. The van der Waals surface area contributed by atoms with E-state index >= 15 is 0 Å². The minimum absolute atomic E-state index is 0.0692. The lowest BCUT2D eigenvalue weighted by Gasteiger charge is -2.37. The number of aliphatic hydroxyl groups is 1. The van der Waals surface area contributed by atoms with Crippen LogP contribution in [0.1, 0.15) is 37.7 Å². The maximum Gasteiger partial charge on any atom is 0.265 e. The number of halogens is 2. The summed E-state index contributed by atoms with van der Waals surface area (Å²) >= 11 is 0. The van der Waals surface area contributed by atoms with Crippen molar-refractivity contribution in [3.8, 4) is 0 Å². The number of hydrogen-bond donors (Lipinski definition) is 2. The molecule has 1 saturated carbocycles. The number of aliphatic hydroxyl groups excluding tert-OH is 1. The predicted octanol–water partition coefficient (Wildman–Crippen LogP) is 2.95. The number of hydrogen-bond acceptors (Lipinski definition) is 3. The molecular weight excluding hydrogens is 250 g/mol. The van der Waals surface area contributed by atoms with Gasteiger partial charge in [0, 0.05) is 24.0 Å². The van der Waals surface area contributed by atoms with Crippen LogP contribution in [-0.4, -0.2) is 24.3 Å². The van der Waals surface area contributed by atoms with Crippen LogP contribution in [0.3, 0.4) is 0 Å². The highest BCUT2D eigenvalue weighted by molar-refractivity contribution is 5.60. The lowest BCUT2D eigenvalue weighted by Crippen LogP contribution is -2.43. The van der Waals surface area contributed by atoms with Crippen molar-refractivity contribution in [1.82, 2.24) is 0 Å². The van der Waals surface area contributed by atoms with E-state index in [1.807, 2.05) is 0 Å². The largest absolute Gasteiger partial charge is 0.399 e. The number of nitrogens with zero attached hydrogens (tertiary/aromatic N) is 1. The monoisotopic (exact) mass is 270 g/mol. The van der Waals surface area contributed by atoms with Gasteiger partial charge in [-0.2, -0.15) is 0 Å². The first-order valence-electron chi connectivity index (χ1n) is 6.59. The molecule has 0 saturated heterocycles. The lowest BCUT2D eigenvalue weighted by atomic mass is 9.91. The second-order valence-corrected chi connectivity index (χ2v) is 5.15. The Hall–Kier alpha value is -1.36. The third-order valence-electron chi connectivity index (χ3n) is 3.86. The molecule has 1 aromatic carbocycles. The van der Waals surface area contributed by atoms with E-state index in [4.69, 9.17) is 5.73 Å². The molecule has 19 heavy (non-hydrogen) atoms. The van der Waals surface area contributed by atoms with Gasteiger partial charge in [-0.05, 0) is 31.0 Å². The zero-order valence-electron chi connectivity index (χ0n) is 11.0. The van der Waals surface area contributed by atoms with Gasteiger partial charge >= 0.3 is 0 Å². The Morgan fingerprint density at radius 1 is 1.32 bits per heavy atom. The maximum atomic E-state index is 13.1. The van der Waals surface area contributed by atoms with Crippen LogP contribution in [0.25, 0.3) is 0 Å². The van der Waals surface area contributed by atoms with Gasteiger partial charge in [0.1, 0.15) is 0 Å². The number of alkyl halides is 2. The minimum atomic E-state index is -2.57. The highest BCUT2D eigenvalue weighted by Gasteiger charge is 2.29. The van der Waals surface area contributed by atoms with E-state index in [0.29, 0.717) is 11.4 Å². The van der Waals surface area contributed by atoms with Crippen LogP contribution in [0.4, 0.5) is 20.2 Å². The molecule has 2 rings (SSSR count). The molecule has 2 unspecified atom stereocenters. The average Bonchev–Trinajstić information content (AvgIpc) is 2.38. The molecule has 5 heteroatoms. The lowest BCUT2D eigenvalue weighted by molar-refractivity contribution is 0.105. The molecule has 3 nitrogen and oxygen atoms in total. The summed E-state index contributed by atoms with van der Waals surface area (Å²) in [5.74, 6) is 0. The third kappa shape index (κ3) is 2.97. The number of nitrogen functional groups attached to an aromatic ring is 1. The van der Waals surface area contributed by atoms with E-state index in [9.17, 15) is 13.9 Å². The van der Waals surface area contributed by atoms with Crippen molar-refractivity contribution in [2.75, 3.05) is 17.7 Å². The zero-order chi connectivity index (χ0) is 14.0. The number of benzene rings is 1. The third-order valence-corrected chi connectivity index (χ3v) is 3.86. The van der Waals surface area contributed by atoms with Gasteiger partial charge in [-0.25, -0.2) is 8.78 Å². The van der Waals surface area contributed by atoms with E-state index in [1.165, 1.54) is 6.07 Å². The molecule has 0 radical (unpaired) electrons. The standard InChI is InChI=1S/C14H20F2N2O/c1-18(12-4-2-3-5-13(12)19)11-7-6-9(17)8-10(11)14(15)16/h6-8,12-14,19H,2-5,17H2,1H3. The molecule has 1 aliphatic rings. The maximum absolute atomic E-state index is 13.1. The first-order valence-corrected chi connectivity index (χ1v) is 6.59. The van der Waals surface area contributed by atoms with Crippen LogP contribution in [0.5, 0.6) is 0 Å². The summed E-state index contributed by atoms with van der Waals surface area (Å²) in [5.41, 5.74) is 6.28. The fraction of sp³-hybridized carbons (Fsp3) is 0.571. The summed E-state index contributed by atoms with van der Waals surface area (Å²) in [7, 11) is 1.76. The van der Waals surface area contributed by atoms with Crippen molar-refractivity contribution in [2.45, 2.75) is 44.3 Å². The fourth-order valence-corrected chi connectivity index (χ4v) is 2.79. The highest BCUT2D eigenvalue weighted by Crippen LogP contribution is 2.34. The SMILES string of the molecule is CN(c1ccc(N)cc1C(F)F)C1CCCCC1O. The summed E-state index contributed by atoms with van der Waals surface area (Å²) in [6.45, 7) is 0. The molecule has 106 valence electrons. The van der Waals surface area contributed by atoms with E-state index in [-0.39, 0.29) is 11.6 Å². The predicted molar refractivity (Wildman–Crippen MR) is 72.5 cm³/mol. The molecule has 3 N–H and O–H groups in total. The van der Waals surface area contributed by atoms with Gasteiger partial charge in [-0.1, -0.05) is 12.8 Å². The van der Waals surface area contributed by atoms with Gasteiger partial charge in [0.15, 0.2) is 0 Å². The molecule has 1 aromatic rings. The van der Waals surface area contributed by atoms with Crippen LogP contribution >= 0.6 is 0 Å². The Balaban J connectivity index is 2.29. The molecule has 1 aliphatic carbocycles. The smallest absolute Gasteiger partial charge is 0.265 e. The molecule has 0 aliphatic heterocycles. The minimum Gasteiger partial charge on any atom is -0.399 e. The van der Waals surface area contributed by atoms with E-state index < -0.39 is 12.5 Å². The van der Waals surface area contributed by atoms with Gasteiger partial charge in [0.05, 0.1) is 12.1 Å². The first kappa shape index (κ1) is 14.1. The van der Waals surface area contributed by atoms with Gasteiger partial charge in [-0.15, -0.1) is 0 Å². The van der Waals surface area contributed by atoms with E-state index in [2.05, 4.69) is 0 Å². The van der Waals surface area contributed by atoms with Gasteiger partial charge in [0.25, 0.3) is 6.43 Å². The Morgan fingerprint density at radius 3 is 2.63 bits per heavy atom. The average molecular weight is 270 g/mol. The summed E-state index contributed by atoms with van der Waals surface area (Å²) in [6.07, 6.45) is 0.544. The van der Waals surface area contributed by atoms with E-state index in [1.54, 1.807) is 24.1 Å². The van der Waals surface area contributed by atoms with Crippen LogP contribution in [0.2, 0.25) is 0 Å². The molecule has 0 aromatic heterocycles. The van der Waals surface area contributed by atoms with Crippen molar-refractivity contribution in [3.63, 3.8) is 0 Å². The Bertz CT molecular complexity index is 439. The van der Waals surface area contributed by atoms with Crippen molar-refractivity contribution >= 4 is 11.4 Å². The topological polar surface area (TPSA) is 49.5 Å². The van der Waals surface area contributed by atoms with Crippen molar-refractivity contribution in [3.05, 3.63) is 23.8 Å². The molecular formula is C14H20F2N2O. The molecule has 0 heterocycles. The molecule has 2 atom stereocenters. The summed E-state index contributed by atoms with van der Waals surface area (Å²) < 4.78 is 26.2. The summed E-state index contributed by atoms with van der Waals surface area (Å²) in [4.78, 5) is 1.77. The first-order chi connectivity index (χ1) is 9.00. The van der Waals surface area contributed by atoms with Crippen LogP contribution in [0.15, 0.2) is 18.2 Å². The van der Waals surface area contributed by atoms with Crippen LogP contribution in [-0.2, 0) is 0 Å². The Kier molecular flexibility index (Phi) is 4.24. The zero-order valence-corrected chi connectivity index (χ0v) is 11.0. The normalized spacial score (nSPS) is 23.6. The quantitative estimate of drug-likeness (QED) is 0.830. The van der Waals surface area contributed by atoms with Crippen LogP contribution < -0.4 is 10.6 Å². The van der Waals surface area contributed by atoms with Crippen molar-refractivity contribution in [2.24, 2.45) is 0 Å². The van der Waals surface area contributed by atoms with Gasteiger partial charge in [0.2, 0.25) is 0 Å². The van der Waals surface area contributed by atoms with Crippen molar-refractivity contribution in [1.29, 1.82) is 0 Å². The van der Waals surface area contributed by atoms with E-state index in [0.717, 1.165) is 25.7 Å². The second kappa shape index (κ2) is 5.74. The number of nitrogens with two attached hydrogens (primary N) is 1. The summed E-state index contributed by atoms with van der Waals surface area (Å²) in [6, 6.07) is 4.44. The van der Waals surface area contributed by atoms with Gasteiger partial charge < -0.3 is 15.7 Å². The highest BCUT2D eigenvalue weighted by atomic mass is 19.3. The van der Waals surface area contributed by atoms with Crippen molar-refractivity contribution < 1.29 is 13.9 Å². The molecule has 0 bridgehead atoms. The number of likely N-dealkylation sites (N-methyl/N-ethyl adjacent to an activating group) is 1. The van der Waals surface area contributed by atoms with Gasteiger partial charge in [-0.3, -0.25) is 0 Å². The second-order valence-electron chi connectivity index (χ2n) is 5.15. The fourth-order valence-electron chi connectivity index (χ4n) is 2.79. The molecule has 0 spiro atoms. The Labute approximate surface area is 112 Å². The summed E-state index contributed by atoms with van der Waals surface area (Å²) in [5, 5.41) is 10.0. The number of anilines is 2. The molecule has 1 fully saturated rings. The Morgan fingerprint density at radius 2 is 2.00 bits per heavy atom.